The molecule has 3 atom stereocenters. The number of piperazine rings is 1. The number of rotatable bonds is 5. The van der Waals surface area contributed by atoms with Gasteiger partial charge in [0.2, 0.25) is 0 Å². The molecule has 0 radical (unpaired) electrons. The molecule has 2 rings (SSSR count). The number of phenolic OH excluding ortho intramolecular Hbond substituents is 1. The van der Waals surface area contributed by atoms with E-state index in [0.29, 0.717) is 29.7 Å². The van der Waals surface area contributed by atoms with Crippen molar-refractivity contribution in [1.29, 1.82) is 0 Å². The quantitative estimate of drug-likeness (QED) is 0.874. The van der Waals surface area contributed by atoms with Gasteiger partial charge in [0.15, 0.2) is 0 Å². The lowest BCUT2D eigenvalue weighted by atomic mass is 9.91. The summed E-state index contributed by atoms with van der Waals surface area (Å²) in [6, 6.07) is 8.81. The normalized spacial score (nSPS) is 25.2. The summed E-state index contributed by atoms with van der Waals surface area (Å²) in [6.07, 6.45) is 1.20. The number of aromatic hydroxyl groups is 1. The minimum Gasteiger partial charge on any atom is -0.508 e. The highest BCUT2D eigenvalue weighted by molar-refractivity contribution is 5.27. The van der Waals surface area contributed by atoms with Crippen LogP contribution in [-0.2, 0) is 6.54 Å². The third kappa shape index (κ3) is 4.21. The van der Waals surface area contributed by atoms with Crippen molar-refractivity contribution >= 4 is 0 Å². The van der Waals surface area contributed by atoms with E-state index in [-0.39, 0.29) is 0 Å². The maximum Gasteiger partial charge on any atom is 0.115 e. The van der Waals surface area contributed by atoms with Gasteiger partial charge in [0.1, 0.15) is 5.75 Å². The molecule has 21 heavy (non-hydrogen) atoms. The lowest BCUT2D eigenvalue weighted by Gasteiger charge is -2.44. The number of benzene rings is 1. The van der Waals surface area contributed by atoms with Gasteiger partial charge in [0, 0.05) is 31.7 Å². The summed E-state index contributed by atoms with van der Waals surface area (Å²) in [6.45, 7) is 12.3. The van der Waals surface area contributed by atoms with Crippen molar-refractivity contribution in [2.24, 2.45) is 11.8 Å². The fourth-order valence-corrected chi connectivity index (χ4v) is 3.20. The average molecular weight is 290 g/mol. The molecule has 3 unspecified atom stereocenters. The Morgan fingerprint density at radius 2 is 2.10 bits per heavy atom. The molecule has 0 saturated carbocycles. The molecule has 2 N–H and O–H groups in total. The first-order valence-corrected chi connectivity index (χ1v) is 8.26. The molecule has 1 aliphatic heterocycles. The van der Waals surface area contributed by atoms with Crippen LogP contribution in [0.15, 0.2) is 24.3 Å². The van der Waals surface area contributed by atoms with Gasteiger partial charge in [0.05, 0.1) is 0 Å². The average Bonchev–Trinajstić information content (AvgIpc) is 2.46. The van der Waals surface area contributed by atoms with Gasteiger partial charge in [-0.3, -0.25) is 4.90 Å². The zero-order chi connectivity index (χ0) is 15.4. The molecule has 0 amide bonds. The van der Waals surface area contributed by atoms with Crippen LogP contribution in [0.3, 0.4) is 0 Å². The summed E-state index contributed by atoms with van der Waals surface area (Å²) >= 11 is 0. The van der Waals surface area contributed by atoms with Crippen LogP contribution in [0.4, 0.5) is 0 Å². The van der Waals surface area contributed by atoms with Gasteiger partial charge >= 0.3 is 0 Å². The second-order valence-electron chi connectivity index (χ2n) is 6.81. The van der Waals surface area contributed by atoms with Gasteiger partial charge in [0.25, 0.3) is 0 Å². The third-order valence-electron chi connectivity index (χ3n) is 4.89. The van der Waals surface area contributed by atoms with Crippen LogP contribution in [0.2, 0.25) is 0 Å². The first-order chi connectivity index (χ1) is 10.0. The molecule has 1 aliphatic rings. The van der Waals surface area contributed by atoms with Crippen LogP contribution < -0.4 is 5.32 Å². The number of hydrogen-bond acceptors (Lipinski definition) is 3. The van der Waals surface area contributed by atoms with Crippen LogP contribution >= 0.6 is 0 Å². The van der Waals surface area contributed by atoms with E-state index in [1.807, 2.05) is 12.1 Å². The van der Waals surface area contributed by atoms with Crippen molar-refractivity contribution in [1.82, 2.24) is 10.2 Å². The minimum absolute atomic E-state index is 0.364. The van der Waals surface area contributed by atoms with Gasteiger partial charge in [-0.2, -0.15) is 0 Å². The van der Waals surface area contributed by atoms with E-state index in [4.69, 9.17) is 0 Å². The van der Waals surface area contributed by atoms with Gasteiger partial charge in [-0.15, -0.1) is 0 Å². The largest absolute Gasteiger partial charge is 0.508 e. The van der Waals surface area contributed by atoms with E-state index in [1.165, 1.54) is 12.0 Å². The number of phenols is 1. The van der Waals surface area contributed by atoms with Crippen molar-refractivity contribution in [2.45, 2.75) is 52.7 Å². The summed E-state index contributed by atoms with van der Waals surface area (Å²) in [5.74, 6) is 1.70. The van der Waals surface area contributed by atoms with Crippen LogP contribution in [0, 0.1) is 11.8 Å². The summed E-state index contributed by atoms with van der Waals surface area (Å²) < 4.78 is 0. The van der Waals surface area contributed by atoms with E-state index in [1.54, 1.807) is 6.07 Å². The summed E-state index contributed by atoms with van der Waals surface area (Å²) in [5, 5.41) is 13.4. The molecule has 0 spiro atoms. The topological polar surface area (TPSA) is 35.5 Å². The predicted molar refractivity (Wildman–Crippen MR) is 88.4 cm³/mol. The van der Waals surface area contributed by atoms with Gasteiger partial charge in [-0.1, -0.05) is 46.2 Å². The molecule has 0 bridgehead atoms. The molecule has 1 aromatic rings. The molecular weight excluding hydrogens is 260 g/mol. The van der Waals surface area contributed by atoms with Gasteiger partial charge in [-0.25, -0.2) is 0 Å². The molecule has 1 fully saturated rings. The van der Waals surface area contributed by atoms with E-state index >= 15 is 0 Å². The fourth-order valence-electron chi connectivity index (χ4n) is 3.20. The van der Waals surface area contributed by atoms with Crippen molar-refractivity contribution in [3.8, 4) is 5.75 Å². The molecule has 0 aromatic heterocycles. The highest BCUT2D eigenvalue weighted by Gasteiger charge is 2.31. The Morgan fingerprint density at radius 1 is 1.33 bits per heavy atom. The molecule has 1 heterocycles. The molecule has 1 aromatic carbocycles. The Balaban J connectivity index is 2.12. The first-order valence-electron chi connectivity index (χ1n) is 8.26. The standard InChI is InChI=1S/C18H30N2O/c1-5-14(4)18-10-19-17(13(2)3)12-20(18)11-15-7-6-8-16(21)9-15/h6-9,13-14,17-19,21H,5,10-12H2,1-4H3. The highest BCUT2D eigenvalue weighted by Crippen LogP contribution is 2.23. The zero-order valence-electron chi connectivity index (χ0n) is 13.8. The number of hydrogen-bond donors (Lipinski definition) is 2. The van der Waals surface area contributed by atoms with E-state index < -0.39 is 0 Å². The van der Waals surface area contributed by atoms with Crippen molar-refractivity contribution in [2.75, 3.05) is 13.1 Å². The summed E-state index contributed by atoms with van der Waals surface area (Å²) in [7, 11) is 0. The molecule has 3 heteroatoms. The molecule has 3 nitrogen and oxygen atoms in total. The van der Waals surface area contributed by atoms with Crippen LogP contribution in [0.5, 0.6) is 5.75 Å². The second kappa shape index (κ2) is 7.28. The predicted octanol–water partition coefficient (Wildman–Crippen LogP) is 3.24. The molecule has 118 valence electrons. The minimum atomic E-state index is 0.364. The van der Waals surface area contributed by atoms with E-state index in [0.717, 1.165) is 19.6 Å². The maximum absolute atomic E-state index is 9.67. The van der Waals surface area contributed by atoms with Crippen molar-refractivity contribution in [3.63, 3.8) is 0 Å². The SMILES string of the molecule is CCC(C)C1CNC(C(C)C)CN1Cc1cccc(O)c1. The third-order valence-corrected chi connectivity index (χ3v) is 4.89. The lowest BCUT2D eigenvalue weighted by molar-refractivity contribution is 0.0722. The maximum atomic E-state index is 9.67. The lowest BCUT2D eigenvalue weighted by Crippen LogP contribution is -2.59. The van der Waals surface area contributed by atoms with E-state index in [9.17, 15) is 5.11 Å². The highest BCUT2D eigenvalue weighted by atomic mass is 16.3. The summed E-state index contributed by atoms with van der Waals surface area (Å²) in [5.41, 5.74) is 1.20. The van der Waals surface area contributed by atoms with Crippen LogP contribution in [0.25, 0.3) is 0 Å². The number of nitrogens with one attached hydrogen (secondary N) is 1. The van der Waals surface area contributed by atoms with Crippen molar-refractivity contribution < 1.29 is 5.11 Å². The molecule has 1 saturated heterocycles. The Bertz CT molecular complexity index is 447. The van der Waals surface area contributed by atoms with Crippen LogP contribution in [-0.4, -0.2) is 35.2 Å². The van der Waals surface area contributed by atoms with E-state index in [2.05, 4.69) is 44.0 Å². The Hall–Kier alpha value is -1.06. The van der Waals surface area contributed by atoms with Gasteiger partial charge in [-0.05, 0) is 29.5 Å². The molecule has 0 aliphatic carbocycles. The van der Waals surface area contributed by atoms with Crippen molar-refractivity contribution in [3.05, 3.63) is 29.8 Å². The Kier molecular flexibility index (Phi) is 5.65. The fraction of sp³-hybridized carbons (Fsp3) is 0.667. The Labute approximate surface area is 129 Å². The first kappa shape index (κ1) is 16.3. The monoisotopic (exact) mass is 290 g/mol. The number of nitrogens with zero attached hydrogens (tertiary/aromatic N) is 1. The summed E-state index contributed by atoms with van der Waals surface area (Å²) in [4.78, 5) is 2.60. The van der Waals surface area contributed by atoms with Crippen LogP contribution in [0.1, 0.15) is 39.7 Å². The Morgan fingerprint density at radius 3 is 2.71 bits per heavy atom. The second-order valence-corrected chi connectivity index (χ2v) is 6.81. The smallest absolute Gasteiger partial charge is 0.115 e. The molecular formula is C18H30N2O. The zero-order valence-corrected chi connectivity index (χ0v) is 13.8. The van der Waals surface area contributed by atoms with Gasteiger partial charge < -0.3 is 10.4 Å².